The van der Waals surface area contributed by atoms with Gasteiger partial charge in [0.15, 0.2) is 0 Å². The Kier molecular flexibility index (Phi) is 4.67. The van der Waals surface area contributed by atoms with E-state index in [0.717, 1.165) is 16.6 Å². The van der Waals surface area contributed by atoms with Gasteiger partial charge in [-0.1, -0.05) is 0 Å². The van der Waals surface area contributed by atoms with Gasteiger partial charge in [-0.05, 0) is 48.6 Å². The van der Waals surface area contributed by atoms with Crippen LogP contribution in [0.2, 0.25) is 0 Å². The molecule has 0 aliphatic carbocycles. The van der Waals surface area contributed by atoms with Gasteiger partial charge >= 0.3 is 0 Å². The fourth-order valence-corrected chi connectivity index (χ4v) is 2.38. The van der Waals surface area contributed by atoms with Gasteiger partial charge in [-0.2, -0.15) is 5.10 Å². The minimum atomic E-state index is -0.0342. The summed E-state index contributed by atoms with van der Waals surface area (Å²) < 4.78 is 2.46. The first-order chi connectivity index (χ1) is 9.50. The lowest BCUT2D eigenvalue weighted by molar-refractivity contribution is 0.102. The van der Waals surface area contributed by atoms with Gasteiger partial charge in [-0.3, -0.25) is 14.5 Å². The summed E-state index contributed by atoms with van der Waals surface area (Å²) in [6, 6.07) is 1.74. The highest BCUT2D eigenvalue weighted by Gasteiger charge is 2.20. The van der Waals surface area contributed by atoms with Crippen LogP contribution in [0.25, 0.3) is 0 Å². The number of aryl methyl sites for hydroxylation is 1. The Morgan fingerprint density at radius 1 is 1.40 bits per heavy atom. The molecular formula is C14H17BrN4O. The van der Waals surface area contributed by atoms with E-state index < -0.39 is 0 Å². The number of carbonyl (C=O) groups excluding carboxylic acids is 1. The van der Waals surface area contributed by atoms with Gasteiger partial charge < -0.3 is 4.90 Å². The molecule has 0 aliphatic heterocycles. The van der Waals surface area contributed by atoms with Crippen molar-refractivity contribution in [3.8, 4) is 0 Å². The number of nitrogens with zero attached hydrogens (tertiary/aromatic N) is 4. The first-order valence-electron chi connectivity index (χ1n) is 6.32. The molecule has 106 valence electrons. The molecule has 2 heterocycles. The Labute approximate surface area is 126 Å². The van der Waals surface area contributed by atoms with Crippen LogP contribution in [0.3, 0.4) is 0 Å². The molecule has 0 saturated carbocycles. The Hall–Kier alpha value is -1.53. The summed E-state index contributed by atoms with van der Waals surface area (Å²) >= 11 is 3.41. The Morgan fingerprint density at radius 2 is 2.15 bits per heavy atom. The van der Waals surface area contributed by atoms with Gasteiger partial charge in [0.2, 0.25) is 5.78 Å². The summed E-state index contributed by atoms with van der Waals surface area (Å²) in [6.07, 6.45) is 5.00. The number of likely N-dealkylation sites (N-methyl/N-ethyl adjacent to an activating group) is 1. The molecule has 0 fully saturated rings. The van der Waals surface area contributed by atoms with E-state index in [4.69, 9.17) is 0 Å². The van der Waals surface area contributed by atoms with Crippen molar-refractivity contribution in [2.24, 2.45) is 0 Å². The molecule has 2 rings (SSSR count). The molecule has 0 amide bonds. The van der Waals surface area contributed by atoms with Crippen molar-refractivity contribution in [2.75, 3.05) is 20.6 Å². The predicted octanol–water partition coefficient (Wildman–Crippen LogP) is 2.14. The summed E-state index contributed by atoms with van der Waals surface area (Å²) in [5.41, 5.74) is 2.11. The smallest absolute Gasteiger partial charge is 0.212 e. The second-order valence-electron chi connectivity index (χ2n) is 4.89. The number of hydrogen-bond acceptors (Lipinski definition) is 4. The summed E-state index contributed by atoms with van der Waals surface area (Å²) in [4.78, 5) is 18.8. The summed E-state index contributed by atoms with van der Waals surface area (Å²) in [5, 5.41) is 4.27. The highest BCUT2D eigenvalue weighted by molar-refractivity contribution is 9.10. The van der Waals surface area contributed by atoms with Crippen LogP contribution < -0.4 is 0 Å². The molecule has 0 radical (unpaired) electrons. The van der Waals surface area contributed by atoms with Crippen molar-refractivity contribution in [1.29, 1.82) is 0 Å². The van der Waals surface area contributed by atoms with Crippen LogP contribution in [0.1, 0.15) is 21.6 Å². The maximum atomic E-state index is 12.7. The average Bonchev–Trinajstić information content (AvgIpc) is 2.77. The third-order valence-corrected chi connectivity index (χ3v) is 3.61. The van der Waals surface area contributed by atoms with Crippen LogP contribution in [0.15, 0.2) is 29.1 Å². The second-order valence-corrected chi connectivity index (χ2v) is 5.74. The Bertz CT molecular complexity index is 621. The molecule has 2 aromatic rings. The van der Waals surface area contributed by atoms with Crippen molar-refractivity contribution in [2.45, 2.75) is 13.5 Å². The zero-order chi connectivity index (χ0) is 14.7. The van der Waals surface area contributed by atoms with E-state index in [1.165, 1.54) is 0 Å². The number of rotatable bonds is 5. The van der Waals surface area contributed by atoms with E-state index in [-0.39, 0.29) is 5.78 Å². The fourth-order valence-electron chi connectivity index (χ4n) is 1.91. The molecule has 0 unspecified atom stereocenters. The SMILES string of the molecule is Cc1cnccc1C(=O)c1c(Br)cnn1CCN(C)C. The molecule has 0 aromatic carbocycles. The van der Waals surface area contributed by atoms with Crippen molar-refractivity contribution in [3.05, 3.63) is 46.0 Å². The largest absolute Gasteiger partial charge is 0.308 e. The number of aromatic nitrogens is 3. The third-order valence-electron chi connectivity index (χ3n) is 3.03. The zero-order valence-corrected chi connectivity index (χ0v) is 13.4. The molecule has 0 spiro atoms. The van der Waals surface area contributed by atoms with E-state index >= 15 is 0 Å². The Balaban J connectivity index is 2.35. The number of carbonyl (C=O) groups is 1. The second kappa shape index (κ2) is 6.28. The molecule has 0 N–H and O–H groups in total. The number of ketones is 1. The van der Waals surface area contributed by atoms with Gasteiger partial charge in [-0.15, -0.1) is 0 Å². The quantitative estimate of drug-likeness (QED) is 0.785. The monoisotopic (exact) mass is 336 g/mol. The lowest BCUT2D eigenvalue weighted by Gasteiger charge is -2.12. The predicted molar refractivity (Wildman–Crippen MR) is 80.9 cm³/mol. The highest BCUT2D eigenvalue weighted by atomic mass is 79.9. The summed E-state index contributed by atoms with van der Waals surface area (Å²) in [6.45, 7) is 3.38. The molecule has 5 nitrogen and oxygen atoms in total. The van der Waals surface area contributed by atoms with E-state index in [1.54, 1.807) is 29.3 Å². The highest BCUT2D eigenvalue weighted by Crippen LogP contribution is 2.21. The number of pyridine rings is 1. The van der Waals surface area contributed by atoms with Crippen LogP contribution in [-0.2, 0) is 6.54 Å². The molecule has 0 aliphatic rings. The molecule has 6 heteroatoms. The van der Waals surface area contributed by atoms with Crippen molar-refractivity contribution >= 4 is 21.7 Å². The topological polar surface area (TPSA) is 51.0 Å². The number of hydrogen-bond donors (Lipinski definition) is 0. The molecule has 2 aromatic heterocycles. The van der Waals surface area contributed by atoms with Crippen LogP contribution >= 0.6 is 15.9 Å². The molecule has 20 heavy (non-hydrogen) atoms. The first-order valence-corrected chi connectivity index (χ1v) is 7.11. The van der Waals surface area contributed by atoms with Crippen LogP contribution in [0, 0.1) is 6.92 Å². The molecular weight excluding hydrogens is 320 g/mol. The summed E-state index contributed by atoms with van der Waals surface area (Å²) in [5.74, 6) is -0.0342. The van der Waals surface area contributed by atoms with Gasteiger partial charge in [0.1, 0.15) is 5.69 Å². The normalized spacial score (nSPS) is 11.1. The van der Waals surface area contributed by atoms with Crippen LogP contribution in [0.5, 0.6) is 0 Å². The zero-order valence-electron chi connectivity index (χ0n) is 11.8. The minimum Gasteiger partial charge on any atom is -0.308 e. The lowest BCUT2D eigenvalue weighted by atomic mass is 10.1. The van der Waals surface area contributed by atoms with Gasteiger partial charge in [-0.25, -0.2) is 0 Å². The van der Waals surface area contributed by atoms with E-state index in [1.807, 2.05) is 21.0 Å². The average molecular weight is 337 g/mol. The van der Waals surface area contributed by atoms with Gasteiger partial charge in [0.05, 0.1) is 17.2 Å². The molecule has 0 atom stereocenters. The first kappa shape index (κ1) is 14.9. The Morgan fingerprint density at radius 3 is 2.80 bits per heavy atom. The van der Waals surface area contributed by atoms with Crippen LogP contribution in [-0.4, -0.2) is 46.1 Å². The van der Waals surface area contributed by atoms with Crippen LogP contribution in [0.4, 0.5) is 0 Å². The number of halogens is 1. The van der Waals surface area contributed by atoms with Crippen molar-refractivity contribution < 1.29 is 4.79 Å². The van der Waals surface area contributed by atoms with Gasteiger partial charge in [0, 0.05) is 24.5 Å². The fraction of sp³-hybridized carbons (Fsp3) is 0.357. The van der Waals surface area contributed by atoms with Crippen molar-refractivity contribution in [3.63, 3.8) is 0 Å². The summed E-state index contributed by atoms with van der Waals surface area (Å²) in [7, 11) is 3.99. The molecule has 0 saturated heterocycles. The minimum absolute atomic E-state index is 0.0342. The van der Waals surface area contributed by atoms with E-state index in [9.17, 15) is 4.79 Å². The third kappa shape index (κ3) is 3.13. The van der Waals surface area contributed by atoms with E-state index in [0.29, 0.717) is 17.8 Å². The van der Waals surface area contributed by atoms with Gasteiger partial charge in [0.25, 0.3) is 0 Å². The van der Waals surface area contributed by atoms with Crippen molar-refractivity contribution in [1.82, 2.24) is 19.7 Å². The molecule has 0 bridgehead atoms. The lowest BCUT2D eigenvalue weighted by Crippen LogP contribution is -2.22. The maximum absolute atomic E-state index is 12.7. The van der Waals surface area contributed by atoms with E-state index in [2.05, 4.69) is 30.9 Å². The maximum Gasteiger partial charge on any atom is 0.212 e. The standard InChI is InChI=1S/C14H17BrN4O/c1-10-8-16-5-4-11(10)14(20)13-12(15)9-17-19(13)7-6-18(2)3/h4-5,8-9H,6-7H2,1-3H3.